The monoisotopic (exact) mass is 459 g/mol. The maximum absolute atomic E-state index is 13.7. The topological polar surface area (TPSA) is 108 Å². The van der Waals surface area contributed by atoms with E-state index in [-0.39, 0.29) is 27.8 Å². The fourth-order valence-electron chi connectivity index (χ4n) is 3.30. The van der Waals surface area contributed by atoms with E-state index in [1.807, 2.05) is 0 Å². The number of rotatable bonds is 5. The molecule has 0 aliphatic carbocycles. The molecule has 158 valence electrons. The molecule has 0 fully saturated rings. The number of allylic oxidation sites excluding steroid dienone is 1. The number of esters is 1. The quantitative estimate of drug-likeness (QED) is 0.457. The molecule has 4 rings (SSSR count). The number of hydrogen-bond acceptors (Lipinski definition) is 8. The van der Waals surface area contributed by atoms with Gasteiger partial charge in [-0.15, -0.1) is 0 Å². The summed E-state index contributed by atoms with van der Waals surface area (Å²) in [4.78, 5) is 26.3. The number of tetrazole rings is 1. The fraction of sp³-hybridized carbons (Fsp3) is 0.150. The lowest BCUT2D eigenvalue weighted by atomic mass is 9.89. The number of carbonyl (C=O) groups excluding carboxylic acids is 2. The third-order valence-corrected chi connectivity index (χ3v) is 5.31. The van der Waals surface area contributed by atoms with E-state index >= 15 is 0 Å². The molecule has 1 aliphatic heterocycles. The van der Waals surface area contributed by atoms with Crippen LogP contribution in [0, 0.1) is 0 Å². The van der Waals surface area contributed by atoms with E-state index in [2.05, 4.69) is 20.8 Å². The van der Waals surface area contributed by atoms with Gasteiger partial charge in [0.1, 0.15) is 17.5 Å². The number of methoxy groups -OCH3 is 2. The number of benzene rings is 2. The molecule has 1 aliphatic rings. The van der Waals surface area contributed by atoms with Crippen LogP contribution in [0.5, 0.6) is 5.75 Å². The third-order valence-electron chi connectivity index (χ3n) is 4.76. The standard InChI is InChI=1S/C20H15Cl2N5O4/c1-30-12-6-3-10(4-7-12)17-15(18(28)13-8-5-11(21)9-14(13)22)16(19(29)31-2)23-20-24-25-26-27(17)20/h3-9,17H,1-2H3,(H,23,24,26)/t17-/m0/s1. The highest BCUT2D eigenvalue weighted by Gasteiger charge is 2.39. The molecule has 0 unspecified atom stereocenters. The smallest absolute Gasteiger partial charge is 0.355 e. The molecular weight excluding hydrogens is 445 g/mol. The highest BCUT2D eigenvalue weighted by atomic mass is 35.5. The van der Waals surface area contributed by atoms with Gasteiger partial charge in [-0.1, -0.05) is 40.4 Å². The van der Waals surface area contributed by atoms with Crippen LogP contribution in [0.4, 0.5) is 5.95 Å². The van der Waals surface area contributed by atoms with Gasteiger partial charge in [-0.2, -0.15) is 4.68 Å². The molecule has 0 bridgehead atoms. The Morgan fingerprint density at radius 2 is 1.84 bits per heavy atom. The van der Waals surface area contributed by atoms with E-state index in [4.69, 9.17) is 32.7 Å². The van der Waals surface area contributed by atoms with E-state index in [1.165, 1.54) is 23.9 Å². The maximum Gasteiger partial charge on any atom is 0.355 e. The van der Waals surface area contributed by atoms with Gasteiger partial charge < -0.3 is 14.8 Å². The summed E-state index contributed by atoms with van der Waals surface area (Å²) in [5.74, 6) is -0.446. The molecule has 1 atom stereocenters. The minimum atomic E-state index is -0.828. The van der Waals surface area contributed by atoms with Gasteiger partial charge in [0.05, 0.1) is 24.8 Å². The number of aromatic nitrogens is 4. The van der Waals surface area contributed by atoms with Crippen molar-refractivity contribution < 1.29 is 19.1 Å². The lowest BCUT2D eigenvalue weighted by Crippen LogP contribution is -2.33. The Labute approximate surface area is 186 Å². The highest BCUT2D eigenvalue weighted by Crippen LogP contribution is 2.38. The Morgan fingerprint density at radius 3 is 2.48 bits per heavy atom. The lowest BCUT2D eigenvalue weighted by molar-refractivity contribution is -0.136. The van der Waals surface area contributed by atoms with Gasteiger partial charge in [0.25, 0.3) is 0 Å². The largest absolute Gasteiger partial charge is 0.497 e. The molecule has 3 aromatic rings. The third kappa shape index (κ3) is 3.73. The minimum absolute atomic E-state index is 0.0704. The average Bonchev–Trinajstić information content (AvgIpc) is 3.25. The molecule has 0 saturated heterocycles. The van der Waals surface area contributed by atoms with Crippen LogP contribution >= 0.6 is 23.2 Å². The zero-order valence-corrected chi connectivity index (χ0v) is 17.8. The number of Topliss-reactive ketones (excluding diaryl/α,β-unsaturated/α-hetero) is 1. The van der Waals surface area contributed by atoms with Crippen LogP contribution < -0.4 is 10.1 Å². The van der Waals surface area contributed by atoms with Gasteiger partial charge in [0.15, 0.2) is 5.78 Å². The zero-order chi connectivity index (χ0) is 22.1. The Hall–Kier alpha value is -3.43. The minimum Gasteiger partial charge on any atom is -0.497 e. The molecule has 9 nitrogen and oxygen atoms in total. The first-order valence-corrected chi connectivity index (χ1v) is 9.71. The van der Waals surface area contributed by atoms with E-state index < -0.39 is 17.8 Å². The Balaban J connectivity index is 1.95. The second kappa shape index (κ2) is 8.37. The Bertz CT molecular complexity index is 1210. The summed E-state index contributed by atoms with van der Waals surface area (Å²) in [6, 6.07) is 10.6. The highest BCUT2D eigenvalue weighted by molar-refractivity contribution is 6.37. The van der Waals surface area contributed by atoms with E-state index in [1.54, 1.807) is 37.4 Å². The molecule has 2 heterocycles. The first-order valence-electron chi connectivity index (χ1n) is 8.95. The lowest BCUT2D eigenvalue weighted by Gasteiger charge is -2.28. The number of hydrogen-bond donors (Lipinski definition) is 1. The summed E-state index contributed by atoms with van der Waals surface area (Å²) >= 11 is 12.3. The normalized spacial score (nSPS) is 15.2. The van der Waals surface area contributed by atoms with E-state index in [0.717, 1.165) is 0 Å². The van der Waals surface area contributed by atoms with Crippen molar-refractivity contribution in [1.29, 1.82) is 0 Å². The molecule has 11 heteroatoms. The van der Waals surface area contributed by atoms with Crippen molar-refractivity contribution >= 4 is 40.9 Å². The molecule has 31 heavy (non-hydrogen) atoms. The molecule has 0 spiro atoms. The van der Waals surface area contributed by atoms with Crippen molar-refractivity contribution in [3.05, 3.63) is 74.9 Å². The number of carbonyl (C=O) groups is 2. The first-order chi connectivity index (χ1) is 14.9. The molecule has 0 amide bonds. The summed E-state index contributed by atoms with van der Waals surface area (Å²) in [5.41, 5.74) is 0.799. The van der Waals surface area contributed by atoms with Crippen LogP contribution in [-0.2, 0) is 9.53 Å². The van der Waals surface area contributed by atoms with Gasteiger partial charge >= 0.3 is 5.97 Å². The number of anilines is 1. The van der Waals surface area contributed by atoms with Gasteiger partial charge in [-0.25, -0.2) is 4.79 Å². The van der Waals surface area contributed by atoms with Crippen molar-refractivity contribution in [3.8, 4) is 5.75 Å². The van der Waals surface area contributed by atoms with Gasteiger partial charge in [0, 0.05) is 10.6 Å². The number of nitrogens with one attached hydrogen (secondary N) is 1. The fourth-order valence-corrected chi connectivity index (χ4v) is 3.80. The summed E-state index contributed by atoms with van der Waals surface area (Å²) in [6.07, 6.45) is 0. The zero-order valence-electron chi connectivity index (χ0n) is 16.3. The summed E-state index contributed by atoms with van der Waals surface area (Å²) in [7, 11) is 2.76. The molecule has 0 saturated carbocycles. The predicted molar refractivity (Wildman–Crippen MR) is 112 cm³/mol. The van der Waals surface area contributed by atoms with Crippen LogP contribution in [0.3, 0.4) is 0 Å². The number of halogens is 2. The summed E-state index contributed by atoms with van der Waals surface area (Å²) in [5, 5.41) is 14.9. The molecule has 1 aromatic heterocycles. The average molecular weight is 460 g/mol. The summed E-state index contributed by atoms with van der Waals surface area (Å²) < 4.78 is 11.5. The van der Waals surface area contributed by atoms with Gasteiger partial charge in [0.2, 0.25) is 5.95 Å². The predicted octanol–water partition coefficient (Wildman–Crippen LogP) is 3.31. The Morgan fingerprint density at radius 1 is 1.10 bits per heavy atom. The first kappa shape index (κ1) is 20.8. The molecular formula is C20H15Cl2N5O4. The SMILES string of the molecule is COC(=O)C1=C(C(=O)c2ccc(Cl)cc2Cl)[C@H](c2ccc(OC)cc2)n2nnnc2N1. The number of fused-ring (bicyclic) bond motifs is 1. The molecule has 2 aromatic carbocycles. The Kier molecular flexibility index (Phi) is 5.62. The second-order valence-corrected chi connectivity index (χ2v) is 7.32. The van der Waals surface area contributed by atoms with Crippen LogP contribution in [0.1, 0.15) is 22.0 Å². The molecule has 1 N–H and O–H groups in total. The van der Waals surface area contributed by atoms with E-state index in [0.29, 0.717) is 16.3 Å². The van der Waals surface area contributed by atoms with Gasteiger partial charge in [-0.05, 0) is 46.3 Å². The molecule has 0 radical (unpaired) electrons. The van der Waals surface area contributed by atoms with Crippen LogP contribution in [0.15, 0.2) is 53.7 Å². The van der Waals surface area contributed by atoms with Crippen LogP contribution in [0.2, 0.25) is 10.0 Å². The van der Waals surface area contributed by atoms with Crippen molar-refractivity contribution in [2.45, 2.75) is 6.04 Å². The number of nitrogens with zero attached hydrogens (tertiary/aromatic N) is 4. The van der Waals surface area contributed by atoms with Gasteiger partial charge in [-0.3, -0.25) is 4.79 Å². The summed E-state index contributed by atoms with van der Waals surface area (Å²) in [6.45, 7) is 0. The van der Waals surface area contributed by atoms with Crippen molar-refractivity contribution in [2.75, 3.05) is 19.5 Å². The second-order valence-electron chi connectivity index (χ2n) is 6.48. The van der Waals surface area contributed by atoms with Crippen LogP contribution in [0.25, 0.3) is 0 Å². The number of ether oxygens (including phenoxy) is 2. The van der Waals surface area contributed by atoms with Crippen molar-refractivity contribution in [2.24, 2.45) is 0 Å². The maximum atomic E-state index is 13.7. The van der Waals surface area contributed by atoms with Crippen LogP contribution in [-0.4, -0.2) is 46.2 Å². The van der Waals surface area contributed by atoms with Crippen molar-refractivity contribution in [1.82, 2.24) is 20.2 Å². The number of ketones is 1. The van der Waals surface area contributed by atoms with E-state index in [9.17, 15) is 9.59 Å². The van der Waals surface area contributed by atoms with Crippen molar-refractivity contribution in [3.63, 3.8) is 0 Å².